The average molecular weight is 260 g/mol. The Hall–Kier alpha value is -0.860. The highest BCUT2D eigenvalue weighted by Crippen LogP contribution is 2.21. The molecule has 1 aliphatic rings. The van der Waals surface area contributed by atoms with Crippen molar-refractivity contribution in [2.75, 3.05) is 19.6 Å². The van der Waals surface area contributed by atoms with Gasteiger partial charge in [0.1, 0.15) is 0 Å². The first-order valence-electron chi connectivity index (χ1n) is 7.82. The molecule has 19 heavy (non-hydrogen) atoms. The van der Waals surface area contributed by atoms with Gasteiger partial charge in [-0.3, -0.25) is 0 Å². The number of hydrogen-bond donors (Lipinski definition) is 1. The lowest BCUT2D eigenvalue weighted by molar-refractivity contribution is 0.269. The van der Waals surface area contributed by atoms with Gasteiger partial charge in [-0.05, 0) is 56.8 Å². The van der Waals surface area contributed by atoms with E-state index in [0.717, 1.165) is 18.9 Å². The number of nitrogens with two attached hydrogens (primary N) is 1. The van der Waals surface area contributed by atoms with Crippen LogP contribution in [0.3, 0.4) is 0 Å². The van der Waals surface area contributed by atoms with E-state index < -0.39 is 0 Å². The average Bonchev–Trinajstić information content (AvgIpc) is 2.70. The Bertz CT molecular complexity index is 350. The van der Waals surface area contributed by atoms with Crippen molar-refractivity contribution in [2.24, 2.45) is 11.7 Å². The van der Waals surface area contributed by atoms with Gasteiger partial charge in [0.15, 0.2) is 0 Å². The predicted octanol–water partition coefficient (Wildman–Crippen LogP) is 3.59. The summed E-state index contributed by atoms with van der Waals surface area (Å²) in [6, 6.07) is 10.7. The van der Waals surface area contributed by atoms with Gasteiger partial charge in [-0.15, -0.1) is 0 Å². The summed E-state index contributed by atoms with van der Waals surface area (Å²) < 4.78 is 0. The molecule has 2 rings (SSSR count). The molecular weight excluding hydrogens is 232 g/mol. The lowest BCUT2D eigenvalue weighted by Gasteiger charge is -2.22. The van der Waals surface area contributed by atoms with Crippen molar-refractivity contribution in [3.8, 4) is 0 Å². The van der Waals surface area contributed by atoms with E-state index in [4.69, 9.17) is 5.73 Å². The van der Waals surface area contributed by atoms with E-state index in [9.17, 15) is 0 Å². The molecule has 1 fully saturated rings. The summed E-state index contributed by atoms with van der Waals surface area (Å²) in [6.45, 7) is 6.00. The number of hydrogen-bond acceptors (Lipinski definition) is 2. The fourth-order valence-electron chi connectivity index (χ4n) is 3.05. The van der Waals surface area contributed by atoms with Crippen molar-refractivity contribution in [1.82, 2.24) is 4.90 Å². The fraction of sp³-hybridized carbons (Fsp3) is 0.647. The van der Waals surface area contributed by atoms with Crippen LogP contribution in [0.1, 0.15) is 50.6 Å². The van der Waals surface area contributed by atoms with Crippen LogP contribution in [0.2, 0.25) is 0 Å². The van der Waals surface area contributed by atoms with Gasteiger partial charge < -0.3 is 10.6 Å². The van der Waals surface area contributed by atoms with Crippen molar-refractivity contribution in [2.45, 2.75) is 45.1 Å². The number of benzene rings is 1. The zero-order valence-corrected chi connectivity index (χ0v) is 12.2. The Labute approximate surface area is 118 Å². The molecule has 0 spiro atoms. The topological polar surface area (TPSA) is 29.3 Å². The van der Waals surface area contributed by atoms with E-state index in [1.165, 1.54) is 44.3 Å². The molecule has 1 heterocycles. The first kappa shape index (κ1) is 14.5. The zero-order chi connectivity index (χ0) is 13.5. The monoisotopic (exact) mass is 260 g/mol. The molecule has 1 aromatic rings. The van der Waals surface area contributed by atoms with Crippen LogP contribution in [0.15, 0.2) is 30.3 Å². The summed E-state index contributed by atoms with van der Waals surface area (Å²) in [5, 5.41) is 0. The predicted molar refractivity (Wildman–Crippen MR) is 82.1 cm³/mol. The third kappa shape index (κ3) is 4.63. The van der Waals surface area contributed by atoms with Crippen molar-refractivity contribution < 1.29 is 0 Å². The molecule has 0 aliphatic carbocycles. The van der Waals surface area contributed by atoms with E-state index in [1.807, 2.05) is 0 Å². The van der Waals surface area contributed by atoms with Gasteiger partial charge in [0.05, 0.1) is 0 Å². The molecule has 0 amide bonds. The molecule has 0 aromatic heterocycles. The molecule has 106 valence electrons. The Morgan fingerprint density at radius 1 is 1.21 bits per heavy atom. The molecule has 2 N–H and O–H groups in total. The zero-order valence-electron chi connectivity index (χ0n) is 12.2. The lowest BCUT2D eigenvalue weighted by Crippen LogP contribution is -2.28. The van der Waals surface area contributed by atoms with Crippen LogP contribution < -0.4 is 5.73 Å². The lowest BCUT2D eigenvalue weighted by atomic mass is 9.98. The standard InChI is InChI=1S/C17H28N2/c1-2-15-7-6-12-19(13-10-15)14-11-17(18)16-8-4-3-5-9-16/h3-5,8-9,15,17H,2,6-7,10-14,18H2,1H3. The molecule has 2 atom stereocenters. The summed E-state index contributed by atoms with van der Waals surface area (Å²) in [6.07, 6.45) is 6.56. The minimum absolute atomic E-state index is 0.187. The van der Waals surface area contributed by atoms with Gasteiger partial charge >= 0.3 is 0 Å². The maximum Gasteiger partial charge on any atom is 0.0307 e. The van der Waals surface area contributed by atoms with Crippen LogP contribution in [0, 0.1) is 5.92 Å². The SMILES string of the molecule is CCC1CCCN(CCC(N)c2ccccc2)CC1. The van der Waals surface area contributed by atoms with Crippen LogP contribution in [-0.2, 0) is 0 Å². The van der Waals surface area contributed by atoms with Gasteiger partial charge in [-0.1, -0.05) is 43.7 Å². The third-order valence-corrected chi connectivity index (χ3v) is 4.50. The Morgan fingerprint density at radius 3 is 2.74 bits per heavy atom. The second-order valence-electron chi connectivity index (χ2n) is 5.85. The van der Waals surface area contributed by atoms with Gasteiger partial charge in [0.25, 0.3) is 0 Å². The quantitative estimate of drug-likeness (QED) is 0.876. The van der Waals surface area contributed by atoms with Crippen LogP contribution >= 0.6 is 0 Å². The van der Waals surface area contributed by atoms with Crippen LogP contribution in [0.5, 0.6) is 0 Å². The molecule has 0 radical (unpaired) electrons. The van der Waals surface area contributed by atoms with E-state index in [0.29, 0.717) is 0 Å². The highest BCUT2D eigenvalue weighted by Gasteiger charge is 2.16. The van der Waals surface area contributed by atoms with Crippen LogP contribution in [0.4, 0.5) is 0 Å². The van der Waals surface area contributed by atoms with Gasteiger partial charge in [0, 0.05) is 6.04 Å². The van der Waals surface area contributed by atoms with E-state index in [-0.39, 0.29) is 6.04 Å². The van der Waals surface area contributed by atoms with Crippen LogP contribution in [0.25, 0.3) is 0 Å². The molecule has 2 nitrogen and oxygen atoms in total. The van der Waals surface area contributed by atoms with Crippen molar-refractivity contribution in [1.29, 1.82) is 0 Å². The van der Waals surface area contributed by atoms with Crippen molar-refractivity contribution in [3.05, 3.63) is 35.9 Å². The van der Waals surface area contributed by atoms with E-state index >= 15 is 0 Å². The number of likely N-dealkylation sites (tertiary alicyclic amines) is 1. The summed E-state index contributed by atoms with van der Waals surface area (Å²) in [5.74, 6) is 0.952. The summed E-state index contributed by atoms with van der Waals surface area (Å²) in [4.78, 5) is 2.61. The Balaban J connectivity index is 1.76. The minimum atomic E-state index is 0.187. The Morgan fingerprint density at radius 2 is 2.00 bits per heavy atom. The Kier molecular flexibility index (Phi) is 5.87. The second kappa shape index (κ2) is 7.66. The van der Waals surface area contributed by atoms with Gasteiger partial charge in [0.2, 0.25) is 0 Å². The first-order chi connectivity index (χ1) is 9.29. The molecule has 2 unspecified atom stereocenters. The minimum Gasteiger partial charge on any atom is -0.324 e. The highest BCUT2D eigenvalue weighted by molar-refractivity contribution is 5.18. The number of rotatable bonds is 5. The molecule has 0 saturated carbocycles. The summed E-state index contributed by atoms with van der Waals surface area (Å²) in [7, 11) is 0. The third-order valence-electron chi connectivity index (χ3n) is 4.50. The normalized spacial score (nSPS) is 22.9. The molecule has 1 aromatic carbocycles. The second-order valence-corrected chi connectivity index (χ2v) is 5.85. The van der Waals surface area contributed by atoms with Crippen molar-refractivity contribution >= 4 is 0 Å². The molecular formula is C17H28N2. The fourth-order valence-corrected chi connectivity index (χ4v) is 3.05. The molecule has 1 saturated heterocycles. The maximum absolute atomic E-state index is 6.28. The smallest absolute Gasteiger partial charge is 0.0307 e. The van der Waals surface area contributed by atoms with Gasteiger partial charge in [-0.25, -0.2) is 0 Å². The van der Waals surface area contributed by atoms with E-state index in [2.05, 4.69) is 42.2 Å². The van der Waals surface area contributed by atoms with E-state index in [1.54, 1.807) is 0 Å². The summed E-state index contributed by atoms with van der Waals surface area (Å²) >= 11 is 0. The largest absolute Gasteiger partial charge is 0.324 e. The first-order valence-corrected chi connectivity index (χ1v) is 7.82. The molecule has 2 heteroatoms. The number of nitrogens with zero attached hydrogens (tertiary/aromatic N) is 1. The van der Waals surface area contributed by atoms with Crippen LogP contribution in [-0.4, -0.2) is 24.5 Å². The molecule has 0 bridgehead atoms. The molecule has 1 aliphatic heterocycles. The highest BCUT2D eigenvalue weighted by atomic mass is 15.1. The maximum atomic E-state index is 6.28. The summed E-state index contributed by atoms with van der Waals surface area (Å²) in [5.41, 5.74) is 7.55. The van der Waals surface area contributed by atoms with Gasteiger partial charge in [-0.2, -0.15) is 0 Å². The van der Waals surface area contributed by atoms with Crippen molar-refractivity contribution in [3.63, 3.8) is 0 Å².